The Morgan fingerprint density at radius 1 is 1.37 bits per heavy atom. The van der Waals surface area contributed by atoms with Crippen molar-refractivity contribution in [2.24, 2.45) is 5.41 Å². The van der Waals surface area contributed by atoms with Crippen LogP contribution in [0.5, 0.6) is 0 Å². The van der Waals surface area contributed by atoms with E-state index in [2.05, 4.69) is 4.72 Å². The molecule has 1 rings (SSSR count). The van der Waals surface area contributed by atoms with E-state index in [-0.39, 0.29) is 11.4 Å². The number of hydrogen-bond acceptors (Lipinski definition) is 3. The highest BCUT2D eigenvalue weighted by Gasteiger charge is 2.32. The van der Waals surface area contributed by atoms with Crippen LogP contribution in [0, 0.1) is 12.3 Å². The molecule has 0 spiro atoms. The van der Waals surface area contributed by atoms with Crippen LogP contribution in [-0.4, -0.2) is 26.0 Å². The number of sulfonamides is 1. The fourth-order valence-corrected chi connectivity index (χ4v) is 2.96. The number of carbonyl (C=O) groups is 1. The molecule has 0 fully saturated rings. The van der Waals surface area contributed by atoms with E-state index in [1.165, 1.54) is 13.0 Å². The topological polar surface area (TPSA) is 83.5 Å². The molecular weight excluding hydrogens is 266 g/mol. The average Bonchev–Trinajstić information content (AvgIpc) is 2.36. The van der Waals surface area contributed by atoms with Crippen molar-refractivity contribution in [2.45, 2.75) is 32.1 Å². The summed E-state index contributed by atoms with van der Waals surface area (Å²) in [6.45, 7) is 4.81. The molecule has 1 aromatic rings. The van der Waals surface area contributed by atoms with Crippen molar-refractivity contribution in [1.82, 2.24) is 4.72 Å². The zero-order valence-electron chi connectivity index (χ0n) is 11.3. The summed E-state index contributed by atoms with van der Waals surface area (Å²) in [6, 6.07) is 6.59. The third-order valence-corrected chi connectivity index (χ3v) is 4.89. The van der Waals surface area contributed by atoms with E-state index in [4.69, 9.17) is 5.11 Å². The fraction of sp³-hybridized carbons (Fsp3) is 0.462. The Balaban J connectivity index is 2.94. The molecule has 0 saturated carbocycles. The minimum absolute atomic E-state index is 0.129. The standard InChI is InChI=1S/C13H19NO4S/c1-4-13(3,12(15)16)9-14-19(17,18)11-8-6-5-7-10(11)2/h5-8,14H,4,9H2,1-3H3,(H,15,16). The van der Waals surface area contributed by atoms with Gasteiger partial charge in [0.25, 0.3) is 0 Å². The predicted octanol–water partition coefficient (Wildman–Crippen LogP) is 1.77. The highest BCUT2D eigenvalue weighted by Crippen LogP contribution is 2.22. The second-order valence-electron chi connectivity index (χ2n) is 4.81. The van der Waals surface area contributed by atoms with Crippen molar-refractivity contribution >= 4 is 16.0 Å². The number of hydrogen-bond donors (Lipinski definition) is 2. The first kappa shape index (κ1) is 15.7. The molecule has 2 N–H and O–H groups in total. The number of rotatable bonds is 6. The molecule has 19 heavy (non-hydrogen) atoms. The first-order chi connectivity index (χ1) is 8.73. The Kier molecular flexibility index (Phi) is 4.70. The lowest BCUT2D eigenvalue weighted by molar-refractivity contribution is -0.147. The van der Waals surface area contributed by atoms with Gasteiger partial charge in [-0.25, -0.2) is 13.1 Å². The lowest BCUT2D eigenvalue weighted by Crippen LogP contribution is -2.40. The van der Waals surface area contributed by atoms with Gasteiger partial charge < -0.3 is 5.11 Å². The Hall–Kier alpha value is -1.40. The number of benzene rings is 1. The zero-order valence-corrected chi connectivity index (χ0v) is 12.1. The number of carboxylic acids is 1. The van der Waals surface area contributed by atoms with Crippen LogP contribution in [0.3, 0.4) is 0 Å². The molecule has 6 heteroatoms. The van der Waals surface area contributed by atoms with Gasteiger partial charge in [-0.05, 0) is 31.9 Å². The van der Waals surface area contributed by atoms with Gasteiger partial charge in [-0.15, -0.1) is 0 Å². The smallest absolute Gasteiger partial charge is 0.310 e. The first-order valence-electron chi connectivity index (χ1n) is 6.01. The van der Waals surface area contributed by atoms with Crippen LogP contribution in [0.15, 0.2) is 29.2 Å². The second kappa shape index (κ2) is 5.71. The predicted molar refractivity (Wildman–Crippen MR) is 72.4 cm³/mol. The minimum Gasteiger partial charge on any atom is -0.481 e. The van der Waals surface area contributed by atoms with E-state index < -0.39 is 21.4 Å². The lowest BCUT2D eigenvalue weighted by atomic mass is 9.88. The number of carboxylic acid groups (broad SMARTS) is 1. The van der Waals surface area contributed by atoms with Gasteiger partial charge in [0.05, 0.1) is 10.3 Å². The van der Waals surface area contributed by atoms with Gasteiger partial charge in [0.2, 0.25) is 10.0 Å². The molecule has 0 aliphatic rings. The second-order valence-corrected chi connectivity index (χ2v) is 6.54. The zero-order chi connectivity index (χ0) is 14.7. The molecule has 0 bridgehead atoms. The summed E-state index contributed by atoms with van der Waals surface area (Å²) in [5.74, 6) is -1.01. The van der Waals surface area contributed by atoms with Crippen LogP contribution in [0.1, 0.15) is 25.8 Å². The van der Waals surface area contributed by atoms with Gasteiger partial charge in [0, 0.05) is 6.54 Å². The molecule has 0 aliphatic heterocycles. The molecule has 0 radical (unpaired) electrons. The molecule has 0 saturated heterocycles. The van der Waals surface area contributed by atoms with E-state index in [9.17, 15) is 13.2 Å². The number of aryl methyl sites for hydroxylation is 1. The van der Waals surface area contributed by atoms with Gasteiger partial charge in [-0.3, -0.25) is 4.79 Å². The maximum absolute atomic E-state index is 12.1. The third kappa shape index (κ3) is 3.54. The monoisotopic (exact) mass is 285 g/mol. The largest absolute Gasteiger partial charge is 0.481 e. The van der Waals surface area contributed by atoms with Crippen LogP contribution >= 0.6 is 0 Å². The van der Waals surface area contributed by atoms with Gasteiger partial charge in [0.1, 0.15) is 0 Å². The number of nitrogens with one attached hydrogen (secondary N) is 1. The van der Waals surface area contributed by atoms with E-state index in [1.54, 1.807) is 32.0 Å². The van der Waals surface area contributed by atoms with Crippen LogP contribution in [0.4, 0.5) is 0 Å². The highest BCUT2D eigenvalue weighted by atomic mass is 32.2. The molecule has 0 aromatic heterocycles. The SMILES string of the molecule is CCC(C)(CNS(=O)(=O)c1ccccc1C)C(=O)O. The summed E-state index contributed by atoms with van der Waals surface area (Å²) >= 11 is 0. The molecule has 0 aliphatic carbocycles. The Bertz CT molecular complexity index is 568. The van der Waals surface area contributed by atoms with E-state index in [0.717, 1.165) is 0 Å². The van der Waals surface area contributed by atoms with E-state index in [0.29, 0.717) is 12.0 Å². The van der Waals surface area contributed by atoms with Crippen molar-refractivity contribution in [3.63, 3.8) is 0 Å². The summed E-state index contributed by atoms with van der Waals surface area (Å²) in [4.78, 5) is 11.3. The Morgan fingerprint density at radius 3 is 2.42 bits per heavy atom. The van der Waals surface area contributed by atoms with Crippen LogP contribution in [0.2, 0.25) is 0 Å². The maximum atomic E-state index is 12.1. The van der Waals surface area contributed by atoms with E-state index in [1.807, 2.05) is 0 Å². The fourth-order valence-electron chi connectivity index (χ4n) is 1.54. The Morgan fingerprint density at radius 2 is 1.95 bits per heavy atom. The number of aliphatic carboxylic acids is 1. The molecule has 5 nitrogen and oxygen atoms in total. The molecule has 0 amide bonds. The lowest BCUT2D eigenvalue weighted by Gasteiger charge is -2.23. The summed E-state index contributed by atoms with van der Waals surface area (Å²) in [5, 5.41) is 9.12. The summed E-state index contributed by atoms with van der Waals surface area (Å²) in [5.41, 5.74) is -0.473. The molecule has 1 atom stereocenters. The summed E-state index contributed by atoms with van der Waals surface area (Å²) in [6.07, 6.45) is 0.346. The summed E-state index contributed by atoms with van der Waals surface area (Å²) in [7, 11) is -3.68. The maximum Gasteiger partial charge on any atom is 0.310 e. The van der Waals surface area contributed by atoms with Gasteiger partial charge in [-0.2, -0.15) is 0 Å². The Labute approximate surface area is 113 Å². The van der Waals surface area contributed by atoms with Gasteiger partial charge >= 0.3 is 5.97 Å². The van der Waals surface area contributed by atoms with Crippen LogP contribution < -0.4 is 4.72 Å². The van der Waals surface area contributed by atoms with E-state index >= 15 is 0 Å². The van der Waals surface area contributed by atoms with Crippen molar-refractivity contribution in [3.8, 4) is 0 Å². The quantitative estimate of drug-likeness (QED) is 0.834. The van der Waals surface area contributed by atoms with Crippen molar-refractivity contribution in [3.05, 3.63) is 29.8 Å². The van der Waals surface area contributed by atoms with Crippen molar-refractivity contribution in [2.75, 3.05) is 6.54 Å². The third-order valence-electron chi connectivity index (χ3n) is 3.33. The molecule has 1 aromatic carbocycles. The van der Waals surface area contributed by atoms with Gasteiger partial charge in [-0.1, -0.05) is 25.1 Å². The van der Waals surface area contributed by atoms with Crippen LogP contribution in [0.25, 0.3) is 0 Å². The van der Waals surface area contributed by atoms with Crippen LogP contribution in [-0.2, 0) is 14.8 Å². The summed E-state index contributed by atoms with van der Waals surface area (Å²) < 4.78 is 26.6. The highest BCUT2D eigenvalue weighted by molar-refractivity contribution is 7.89. The van der Waals surface area contributed by atoms with Crippen molar-refractivity contribution < 1.29 is 18.3 Å². The van der Waals surface area contributed by atoms with Crippen molar-refractivity contribution in [1.29, 1.82) is 0 Å². The molecule has 0 heterocycles. The molecular formula is C13H19NO4S. The normalized spacial score (nSPS) is 14.9. The molecule has 106 valence electrons. The molecule has 1 unspecified atom stereocenters. The van der Waals surface area contributed by atoms with Gasteiger partial charge in [0.15, 0.2) is 0 Å². The first-order valence-corrected chi connectivity index (χ1v) is 7.50. The minimum atomic E-state index is -3.68. The average molecular weight is 285 g/mol.